The van der Waals surface area contributed by atoms with Crippen molar-refractivity contribution >= 4 is 0 Å². The Morgan fingerprint density at radius 1 is 1.31 bits per heavy atom. The molecule has 2 heteroatoms. The van der Waals surface area contributed by atoms with Crippen LogP contribution >= 0.6 is 0 Å². The van der Waals surface area contributed by atoms with Crippen LogP contribution in [0.2, 0.25) is 0 Å². The molecule has 0 radical (unpaired) electrons. The molecule has 0 aromatic heterocycles. The lowest BCUT2D eigenvalue weighted by Crippen LogP contribution is -2.36. The van der Waals surface area contributed by atoms with Crippen LogP contribution in [0, 0.1) is 5.92 Å². The molecule has 3 unspecified atom stereocenters. The van der Waals surface area contributed by atoms with Gasteiger partial charge >= 0.3 is 0 Å². The van der Waals surface area contributed by atoms with E-state index in [1.807, 2.05) is 0 Å². The average molecular weight is 217 g/mol. The Morgan fingerprint density at radius 2 is 2.19 bits per heavy atom. The molecule has 0 amide bonds. The molecule has 3 rings (SSSR count). The maximum atomic E-state index is 5.94. The van der Waals surface area contributed by atoms with Gasteiger partial charge in [-0.05, 0) is 44.8 Å². The van der Waals surface area contributed by atoms with Gasteiger partial charge in [0.1, 0.15) is 11.9 Å². The molecular weight excluding hydrogens is 198 g/mol. The molecule has 2 aliphatic rings. The highest BCUT2D eigenvalue weighted by Gasteiger charge is 2.37. The Balaban J connectivity index is 1.89. The second kappa shape index (κ2) is 4.10. The molecule has 2 nitrogen and oxygen atoms in total. The Hall–Kier alpha value is -1.02. The van der Waals surface area contributed by atoms with Gasteiger partial charge in [-0.2, -0.15) is 0 Å². The van der Waals surface area contributed by atoms with Crippen molar-refractivity contribution in [1.29, 1.82) is 0 Å². The van der Waals surface area contributed by atoms with Crippen molar-refractivity contribution in [2.75, 3.05) is 13.1 Å². The molecule has 16 heavy (non-hydrogen) atoms. The van der Waals surface area contributed by atoms with Crippen LogP contribution in [0.25, 0.3) is 0 Å². The zero-order valence-electron chi connectivity index (χ0n) is 9.78. The summed E-state index contributed by atoms with van der Waals surface area (Å²) >= 11 is 0. The fourth-order valence-corrected chi connectivity index (χ4v) is 3.21. The van der Waals surface area contributed by atoms with Gasteiger partial charge in [0.15, 0.2) is 0 Å². The van der Waals surface area contributed by atoms with Gasteiger partial charge < -0.3 is 10.1 Å². The van der Waals surface area contributed by atoms with E-state index in [0.717, 1.165) is 18.2 Å². The summed E-state index contributed by atoms with van der Waals surface area (Å²) in [6.45, 7) is 4.53. The smallest absolute Gasteiger partial charge is 0.123 e. The number of ether oxygens (including phenoxy) is 1. The maximum absolute atomic E-state index is 5.94. The third-order valence-electron chi connectivity index (χ3n) is 3.94. The fourth-order valence-electron chi connectivity index (χ4n) is 3.21. The van der Waals surface area contributed by atoms with Crippen LogP contribution in [0.5, 0.6) is 5.75 Å². The second-order valence-electron chi connectivity index (χ2n) is 4.99. The highest BCUT2D eigenvalue weighted by Crippen LogP contribution is 2.43. The van der Waals surface area contributed by atoms with Crippen molar-refractivity contribution in [3.8, 4) is 5.75 Å². The normalized spacial score (nSPS) is 33.2. The van der Waals surface area contributed by atoms with Gasteiger partial charge in [-0.15, -0.1) is 0 Å². The number of piperidine rings is 1. The summed E-state index contributed by atoms with van der Waals surface area (Å²) in [7, 11) is 0. The van der Waals surface area contributed by atoms with Crippen molar-refractivity contribution in [1.82, 2.24) is 5.32 Å². The average Bonchev–Trinajstić information content (AvgIpc) is 2.66. The minimum absolute atomic E-state index is 0.335. The van der Waals surface area contributed by atoms with Crippen molar-refractivity contribution < 1.29 is 4.74 Å². The Morgan fingerprint density at radius 3 is 3.00 bits per heavy atom. The summed E-state index contributed by atoms with van der Waals surface area (Å²) in [6, 6.07) is 8.52. The Kier molecular flexibility index (Phi) is 2.60. The predicted molar refractivity (Wildman–Crippen MR) is 64.9 cm³/mol. The molecule has 1 aromatic rings. The first kappa shape index (κ1) is 10.2. The zero-order chi connectivity index (χ0) is 11.0. The Labute approximate surface area is 97.0 Å². The van der Waals surface area contributed by atoms with Crippen LogP contribution in [-0.4, -0.2) is 19.2 Å². The summed E-state index contributed by atoms with van der Waals surface area (Å²) in [5.41, 5.74) is 1.42. The van der Waals surface area contributed by atoms with Gasteiger partial charge in [-0.3, -0.25) is 0 Å². The van der Waals surface area contributed by atoms with Crippen LogP contribution in [0.4, 0.5) is 0 Å². The topological polar surface area (TPSA) is 21.3 Å². The SMILES string of the molecule is CC1Oc2ccccc2C1C1CCCNC1. The van der Waals surface area contributed by atoms with E-state index < -0.39 is 0 Å². The first-order valence-corrected chi connectivity index (χ1v) is 6.32. The molecule has 0 saturated carbocycles. The van der Waals surface area contributed by atoms with E-state index in [-0.39, 0.29) is 0 Å². The summed E-state index contributed by atoms with van der Waals surface area (Å²) in [6.07, 6.45) is 2.97. The number of nitrogens with one attached hydrogen (secondary N) is 1. The number of hydrogen-bond acceptors (Lipinski definition) is 2. The van der Waals surface area contributed by atoms with E-state index in [4.69, 9.17) is 4.74 Å². The number of rotatable bonds is 1. The summed E-state index contributed by atoms with van der Waals surface area (Å²) in [5, 5.41) is 3.51. The van der Waals surface area contributed by atoms with Crippen LogP contribution in [0.15, 0.2) is 24.3 Å². The van der Waals surface area contributed by atoms with E-state index in [0.29, 0.717) is 12.0 Å². The molecule has 1 fully saturated rings. The van der Waals surface area contributed by atoms with Gasteiger partial charge in [0.05, 0.1) is 0 Å². The first-order chi connectivity index (χ1) is 7.86. The molecule has 3 atom stereocenters. The fraction of sp³-hybridized carbons (Fsp3) is 0.571. The largest absolute Gasteiger partial charge is 0.490 e. The molecule has 1 N–H and O–H groups in total. The van der Waals surface area contributed by atoms with Crippen LogP contribution < -0.4 is 10.1 Å². The number of para-hydroxylation sites is 1. The highest BCUT2D eigenvalue weighted by atomic mass is 16.5. The number of benzene rings is 1. The number of hydrogen-bond donors (Lipinski definition) is 1. The van der Waals surface area contributed by atoms with Crippen molar-refractivity contribution in [3.63, 3.8) is 0 Å². The molecule has 2 heterocycles. The van der Waals surface area contributed by atoms with E-state index in [1.54, 1.807) is 0 Å². The molecule has 0 spiro atoms. The van der Waals surface area contributed by atoms with Crippen LogP contribution in [0.1, 0.15) is 31.2 Å². The lowest BCUT2D eigenvalue weighted by molar-refractivity contribution is 0.178. The van der Waals surface area contributed by atoms with Crippen LogP contribution in [0.3, 0.4) is 0 Å². The van der Waals surface area contributed by atoms with Gasteiger partial charge in [0.2, 0.25) is 0 Å². The van der Waals surface area contributed by atoms with E-state index in [9.17, 15) is 0 Å². The third kappa shape index (κ3) is 1.61. The summed E-state index contributed by atoms with van der Waals surface area (Å²) in [5.74, 6) is 2.43. The van der Waals surface area contributed by atoms with Crippen LogP contribution in [-0.2, 0) is 0 Å². The van der Waals surface area contributed by atoms with Crippen molar-refractivity contribution in [2.45, 2.75) is 31.8 Å². The molecule has 1 saturated heterocycles. The van der Waals surface area contributed by atoms with E-state index in [1.165, 1.54) is 24.9 Å². The maximum Gasteiger partial charge on any atom is 0.123 e. The minimum Gasteiger partial charge on any atom is -0.490 e. The van der Waals surface area contributed by atoms with Gasteiger partial charge in [0, 0.05) is 11.5 Å². The minimum atomic E-state index is 0.335. The lowest BCUT2D eigenvalue weighted by atomic mass is 9.80. The van der Waals surface area contributed by atoms with Gasteiger partial charge in [0.25, 0.3) is 0 Å². The molecule has 2 aliphatic heterocycles. The Bertz CT molecular complexity index is 371. The van der Waals surface area contributed by atoms with E-state index in [2.05, 4.69) is 36.5 Å². The molecule has 86 valence electrons. The molecule has 1 aromatic carbocycles. The lowest BCUT2D eigenvalue weighted by Gasteiger charge is -2.30. The molecule has 0 aliphatic carbocycles. The predicted octanol–water partition coefficient (Wildman–Crippen LogP) is 2.55. The monoisotopic (exact) mass is 217 g/mol. The second-order valence-corrected chi connectivity index (χ2v) is 4.99. The molecular formula is C14H19NO. The quantitative estimate of drug-likeness (QED) is 0.780. The number of fused-ring (bicyclic) bond motifs is 1. The standard InChI is InChI=1S/C14H19NO/c1-10-14(11-5-4-8-15-9-11)12-6-2-3-7-13(12)16-10/h2-3,6-7,10-11,14-15H,4-5,8-9H2,1H3. The molecule has 0 bridgehead atoms. The third-order valence-corrected chi connectivity index (χ3v) is 3.94. The zero-order valence-corrected chi connectivity index (χ0v) is 9.78. The van der Waals surface area contributed by atoms with Gasteiger partial charge in [-0.25, -0.2) is 0 Å². The first-order valence-electron chi connectivity index (χ1n) is 6.32. The summed E-state index contributed by atoms with van der Waals surface area (Å²) in [4.78, 5) is 0. The van der Waals surface area contributed by atoms with E-state index >= 15 is 0 Å². The summed E-state index contributed by atoms with van der Waals surface area (Å²) < 4.78 is 5.94. The van der Waals surface area contributed by atoms with Crippen molar-refractivity contribution in [3.05, 3.63) is 29.8 Å². The van der Waals surface area contributed by atoms with Crippen molar-refractivity contribution in [2.24, 2.45) is 5.92 Å². The highest BCUT2D eigenvalue weighted by molar-refractivity contribution is 5.41. The van der Waals surface area contributed by atoms with Gasteiger partial charge in [-0.1, -0.05) is 18.2 Å².